The van der Waals surface area contributed by atoms with E-state index in [2.05, 4.69) is 68.4 Å². The number of nitroso groups, excluding NO2 is 1. The Morgan fingerprint density at radius 2 is 1.15 bits per heavy atom. The van der Waals surface area contributed by atoms with Crippen LogP contribution in [0.4, 0.5) is 8.78 Å². The van der Waals surface area contributed by atoms with Crippen molar-refractivity contribution in [2.45, 2.75) is 55.4 Å². The molecule has 0 amide bonds. The van der Waals surface area contributed by atoms with Crippen molar-refractivity contribution in [3.63, 3.8) is 0 Å². The van der Waals surface area contributed by atoms with Crippen molar-refractivity contribution in [1.29, 1.82) is 0 Å². The van der Waals surface area contributed by atoms with E-state index in [0.717, 1.165) is 6.07 Å². The molecule has 1 saturated carbocycles. The molecule has 1 aliphatic carbocycles. The van der Waals surface area contributed by atoms with E-state index >= 15 is 0 Å². The van der Waals surface area contributed by atoms with Crippen LogP contribution in [0.25, 0.3) is 0 Å². The van der Waals surface area contributed by atoms with E-state index in [0.29, 0.717) is 0 Å². The molecule has 2 rings (SSSR count). The van der Waals surface area contributed by atoms with Gasteiger partial charge in [0.25, 0.3) is 0 Å². The van der Waals surface area contributed by atoms with Gasteiger partial charge >= 0.3 is 0 Å². The second-order valence-corrected chi connectivity index (χ2v) is 7.02. The molecule has 0 heterocycles. The van der Waals surface area contributed by atoms with Crippen LogP contribution in [-0.2, 0) is 21.1 Å². The van der Waals surface area contributed by atoms with Gasteiger partial charge in [-0.15, -0.1) is 17.0 Å². The van der Waals surface area contributed by atoms with Gasteiger partial charge < -0.3 is 6.92 Å². The molecule has 0 bridgehead atoms. The largest absolute Gasteiger partial charge is 0.338 e. The van der Waals surface area contributed by atoms with E-state index in [9.17, 15) is 8.78 Å². The third-order valence-corrected chi connectivity index (χ3v) is 3.57. The third kappa shape index (κ3) is 12.7. The first-order valence-electron chi connectivity index (χ1n) is 7.91. The molecule has 2 nitrogen and oxygen atoms in total. The number of benzene rings is 1. The van der Waals surface area contributed by atoms with Crippen molar-refractivity contribution in [3.05, 3.63) is 77.3 Å². The zero-order valence-electron chi connectivity index (χ0n) is 17.0. The minimum atomic E-state index is -0.924. The Morgan fingerprint density at radius 3 is 1.31 bits per heavy atom. The van der Waals surface area contributed by atoms with Crippen LogP contribution in [0.2, 0.25) is 0 Å². The summed E-state index contributed by atoms with van der Waals surface area (Å²) in [6.45, 7) is 21.0. The van der Waals surface area contributed by atoms with Gasteiger partial charge in [-0.05, 0) is 29.6 Å². The van der Waals surface area contributed by atoms with E-state index in [1.54, 1.807) is 0 Å². The number of hydrogen-bond donors (Lipinski definition) is 0. The van der Waals surface area contributed by atoms with Crippen LogP contribution < -0.4 is 5.59 Å². The molecule has 1 fully saturated rings. The molecule has 1 aromatic carbocycles. The SMILES string of the molecule is C[C]1[C](C)[C](C)[C](C)[C]1C.Fc1[c-]cccc1F.[CH2-]C(C)(C)C.[N]=O.[W]. The Hall–Kier alpha value is -0.632. The molecular formula is C21H29F2NOW-2. The molecule has 0 unspecified atom stereocenters. The molecule has 1 aliphatic rings. The molecule has 0 N–H and O–H groups in total. The Bertz CT molecular complexity index is 407. The van der Waals surface area contributed by atoms with Gasteiger partial charge in [-0.1, -0.05) is 55.4 Å². The molecule has 0 spiro atoms. The van der Waals surface area contributed by atoms with Gasteiger partial charge in [0.1, 0.15) is 5.59 Å². The van der Waals surface area contributed by atoms with Crippen LogP contribution in [0.3, 0.4) is 0 Å². The molecule has 1 aromatic rings. The zero-order chi connectivity index (χ0) is 20.4. The topological polar surface area (TPSA) is 39.4 Å². The third-order valence-electron chi connectivity index (χ3n) is 3.57. The number of halogens is 2. The maximum absolute atomic E-state index is 11.9. The van der Waals surface area contributed by atoms with E-state index in [4.69, 9.17) is 10.5 Å². The minimum absolute atomic E-state index is 0. The molecule has 0 aromatic heterocycles. The molecule has 0 saturated heterocycles. The van der Waals surface area contributed by atoms with Crippen LogP contribution in [0.15, 0.2) is 18.2 Å². The molecular weight excluding hydrogens is 504 g/mol. The van der Waals surface area contributed by atoms with Crippen LogP contribution in [0.5, 0.6) is 0 Å². The van der Waals surface area contributed by atoms with E-state index in [-0.39, 0.29) is 26.5 Å². The normalized spacial score (nSPS) is 16.3. The first-order chi connectivity index (χ1) is 11.4. The predicted octanol–water partition coefficient (Wildman–Crippen LogP) is 6.15. The fraction of sp³-hybridized carbons (Fsp3) is 0.429. The van der Waals surface area contributed by atoms with Gasteiger partial charge in [-0.3, -0.25) is 4.39 Å². The van der Waals surface area contributed by atoms with Gasteiger partial charge in [0, 0.05) is 32.7 Å². The Balaban J connectivity index is -0.000000299. The van der Waals surface area contributed by atoms with Crippen LogP contribution >= 0.6 is 0 Å². The summed E-state index contributed by atoms with van der Waals surface area (Å²) in [4.78, 5) is 7.25. The van der Waals surface area contributed by atoms with Gasteiger partial charge in [0.05, 0.1) is 0 Å². The molecule has 6 radical (unpaired) electrons. The maximum Gasteiger partial charge on any atom is 0.120 e. The summed E-state index contributed by atoms with van der Waals surface area (Å²) in [5, 5.41) is 0. The Kier molecular flexibility index (Phi) is 16.7. The smallest absolute Gasteiger partial charge is 0.120 e. The van der Waals surface area contributed by atoms with E-state index < -0.39 is 11.6 Å². The standard InChI is InChI=1S/C10H15.C6H3F2.C5H11.NO.W/c1-6-7(2)9(4)10(5)8(6)3;7-5-3-1-2-4-6(5)8;1-5(2,3)4;1-2;/h1-5H3;1-3H;1H2,2-4H3;;/q;2*-1;;. The summed E-state index contributed by atoms with van der Waals surface area (Å²) < 4.78 is 23.8. The fourth-order valence-corrected chi connectivity index (χ4v) is 1.80. The van der Waals surface area contributed by atoms with Crippen molar-refractivity contribution in [3.8, 4) is 0 Å². The van der Waals surface area contributed by atoms with Gasteiger partial charge in [-0.2, -0.15) is 17.5 Å². The molecule has 0 atom stereocenters. The van der Waals surface area contributed by atoms with Gasteiger partial charge in [0.15, 0.2) is 0 Å². The average Bonchev–Trinajstić information content (AvgIpc) is 2.69. The number of hydrogen-bond acceptors (Lipinski definition) is 1. The van der Waals surface area contributed by atoms with E-state index in [1.807, 2.05) is 0 Å². The molecule has 146 valence electrons. The number of nitrogens with zero attached hydrogens (tertiary/aromatic N) is 1. The molecule has 0 aliphatic heterocycles. The average molecular weight is 533 g/mol. The second-order valence-electron chi connectivity index (χ2n) is 7.02. The summed E-state index contributed by atoms with van der Waals surface area (Å²) in [5.74, 6) is 5.56. The van der Waals surface area contributed by atoms with Crippen molar-refractivity contribution in [2.75, 3.05) is 0 Å². The molecule has 5 heteroatoms. The summed E-state index contributed by atoms with van der Waals surface area (Å²) in [5.41, 5.74) is 6.00. The quantitative estimate of drug-likeness (QED) is 0.369. The Labute approximate surface area is 173 Å². The molecule has 26 heavy (non-hydrogen) atoms. The summed E-state index contributed by atoms with van der Waals surface area (Å²) in [6, 6.07) is 5.81. The first kappa shape index (κ1) is 30.1. The summed E-state index contributed by atoms with van der Waals surface area (Å²) >= 11 is 0. The Morgan fingerprint density at radius 1 is 0.885 bits per heavy atom. The second kappa shape index (κ2) is 14.4. The summed E-state index contributed by atoms with van der Waals surface area (Å²) in [6.07, 6.45) is 0. The fourth-order valence-electron chi connectivity index (χ4n) is 1.80. The van der Waals surface area contributed by atoms with Gasteiger partial charge in [0.2, 0.25) is 0 Å². The van der Waals surface area contributed by atoms with Crippen LogP contribution in [-0.4, -0.2) is 0 Å². The maximum atomic E-state index is 11.9. The van der Waals surface area contributed by atoms with Crippen LogP contribution in [0.1, 0.15) is 55.4 Å². The zero-order valence-corrected chi connectivity index (χ0v) is 19.9. The number of rotatable bonds is 0. The predicted molar refractivity (Wildman–Crippen MR) is 100 cm³/mol. The van der Waals surface area contributed by atoms with Crippen molar-refractivity contribution < 1.29 is 29.8 Å². The van der Waals surface area contributed by atoms with Crippen molar-refractivity contribution >= 4 is 0 Å². The first-order valence-corrected chi connectivity index (χ1v) is 7.91. The van der Waals surface area contributed by atoms with Gasteiger partial charge in [-0.25, -0.2) is 4.39 Å². The monoisotopic (exact) mass is 533 g/mol. The van der Waals surface area contributed by atoms with Crippen molar-refractivity contribution in [1.82, 2.24) is 5.59 Å². The van der Waals surface area contributed by atoms with Crippen LogP contribution in [0, 0.1) is 64.5 Å². The summed E-state index contributed by atoms with van der Waals surface area (Å²) in [7, 11) is 0. The van der Waals surface area contributed by atoms with E-state index in [1.165, 1.54) is 41.7 Å². The minimum Gasteiger partial charge on any atom is -0.338 e. The van der Waals surface area contributed by atoms with Crippen molar-refractivity contribution in [2.24, 2.45) is 5.41 Å².